The molecule has 0 spiro atoms. The first-order chi connectivity index (χ1) is 54.3. The van der Waals surface area contributed by atoms with Crippen molar-refractivity contribution in [2.24, 2.45) is 0 Å². The van der Waals surface area contributed by atoms with Crippen LogP contribution >= 0.6 is 0 Å². The van der Waals surface area contributed by atoms with E-state index >= 15 is 0 Å². The molecule has 5 radical (unpaired) electrons. The normalized spacial score (nSPS) is 10.3. The van der Waals surface area contributed by atoms with Gasteiger partial charge in [0.2, 0.25) is 0 Å². The van der Waals surface area contributed by atoms with Gasteiger partial charge in [-0.15, -0.1) is 175 Å². The number of aryl methyl sites for hydroxylation is 10. The van der Waals surface area contributed by atoms with Crippen LogP contribution in [-0.2, 0) is 117 Å². The number of aliphatic hydroxyl groups excluding tert-OH is 2. The second kappa shape index (κ2) is 50.1. The van der Waals surface area contributed by atoms with Crippen LogP contribution in [0, 0.1) is 106 Å². The number of carbonyl (C=O) groups excluding carboxylic acids is 2. The Balaban J connectivity index is 0.000000295. The van der Waals surface area contributed by atoms with Crippen molar-refractivity contribution in [3.05, 3.63) is 388 Å². The van der Waals surface area contributed by atoms with Gasteiger partial charge in [0.05, 0.1) is 22.6 Å². The van der Waals surface area contributed by atoms with Crippen molar-refractivity contribution in [1.29, 1.82) is 0 Å². The molecule has 0 amide bonds. The van der Waals surface area contributed by atoms with Crippen LogP contribution in [-0.4, -0.2) is 46.7 Å². The van der Waals surface area contributed by atoms with Crippen molar-refractivity contribution in [1.82, 2.24) is 24.9 Å². The predicted molar refractivity (Wildman–Crippen MR) is 469 cm³/mol. The standard InChI is InChI=1S/C21H20N.2C19H16N.C18H16N.C17H14N.2C5H8O2.5Ir/c1-14-10-15(2)12-20(11-14)18-6-5-7-19(13-18)21-17(4)16(3)8-9-22-21;1-14-10-15(2)12-18(11-14)16-6-5-7-17(13-16)19-8-3-4-9-20-19;1-2-15-11-12-20-19(13-15)18-10-6-9-17(14-18)16-7-4-3-5-8-16;1-12-10-13(2)14(3)16(11-12)18-9-8-15-6-4-5-7-17(15)19-18;1-12-7-8-13(2)15(11-12)17-10-9-14-5-3-4-6-16(14)18-17;2*1-4(6)3-5(2)7;;;;;/h5-6,8-13H,1-4H3;3-6,8-13H,1-2H3;3-9,11-14H,2H2,1H3;4-10H,1-3H3;3-10H,1-2H3;2*3,6H,1-2H3;;;;;/q5*-1;;;;;;;. The summed E-state index contributed by atoms with van der Waals surface area (Å²) in [5.41, 5.74) is 34.7. The second-order valence-electron chi connectivity index (χ2n) is 28.2. The van der Waals surface area contributed by atoms with Crippen LogP contribution in [0.25, 0.3) is 111 Å². The molecule has 0 saturated heterocycles. The van der Waals surface area contributed by atoms with Crippen LogP contribution in [0.5, 0.6) is 0 Å². The maximum Gasteiger partial charge on any atom is 0.155 e. The summed E-state index contributed by atoms with van der Waals surface area (Å²) in [6, 6.07) is 102. The van der Waals surface area contributed by atoms with Gasteiger partial charge in [-0.2, -0.15) is 0 Å². The van der Waals surface area contributed by atoms with Crippen molar-refractivity contribution < 1.29 is 120 Å². The maximum atomic E-state index is 10.0. The molecule has 0 unspecified atom stereocenters. The van der Waals surface area contributed by atoms with Gasteiger partial charge >= 0.3 is 0 Å². The fourth-order valence-corrected chi connectivity index (χ4v) is 12.7. The molecule has 5 heterocycles. The van der Waals surface area contributed by atoms with E-state index < -0.39 is 0 Å². The zero-order chi connectivity index (χ0) is 81.1. The minimum atomic E-state index is -0.125. The number of para-hydroxylation sites is 2. The van der Waals surface area contributed by atoms with Gasteiger partial charge in [0, 0.05) is 131 Å². The average molecular weight is 2440 g/mol. The summed E-state index contributed by atoms with van der Waals surface area (Å²) in [5, 5.41) is 19.1. The molecule has 15 rings (SSSR count). The monoisotopic (exact) mass is 2450 g/mol. The molecule has 0 aliphatic rings. The summed E-state index contributed by atoms with van der Waals surface area (Å²) in [5.74, 6) is -0.125. The molecule has 14 heteroatoms. The number of benzene rings is 10. The van der Waals surface area contributed by atoms with E-state index in [2.05, 4.69) is 298 Å². The van der Waals surface area contributed by atoms with Gasteiger partial charge in [0.25, 0.3) is 0 Å². The fourth-order valence-electron chi connectivity index (χ4n) is 12.7. The first kappa shape index (κ1) is 100. The number of carbonyl (C=O) groups is 2. The van der Waals surface area contributed by atoms with E-state index in [9.17, 15) is 9.59 Å². The number of aromatic nitrogens is 5. The average Bonchev–Trinajstić information content (AvgIpc) is 0.814. The Bertz CT molecular complexity index is 5770. The number of rotatable bonds is 11. The molecule has 2 N–H and O–H groups in total. The van der Waals surface area contributed by atoms with E-state index in [1.165, 1.54) is 140 Å². The Kier molecular flexibility index (Phi) is 42.7. The minimum Gasteiger partial charge on any atom is -0.512 e. The molecule has 15 aromatic rings. The molecule has 0 aliphatic carbocycles. The van der Waals surface area contributed by atoms with Crippen molar-refractivity contribution in [2.75, 3.05) is 0 Å². The molecule has 0 atom stereocenters. The van der Waals surface area contributed by atoms with E-state index in [-0.39, 0.29) is 124 Å². The Hall–Kier alpha value is -9.86. The number of allylic oxidation sites excluding steroid dienone is 4. The number of pyridine rings is 5. The molecular formula is C104H98Ir5N5O4-5. The number of hydrogen-bond acceptors (Lipinski definition) is 9. The summed E-state index contributed by atoms with van der Waals surface area (Å²) < 4.78 is 0. The fraction of sp³-hybridized carbons (Fsp3) is 0.163. The van der Waals surface area contributed by atoms with Crippen LogP contribution in [0.3, 0.4) is 0 Å². The van der Waals surface area contributed by atoms with Crippen molar-refractivity contribution >= 4 is 33.4 Å². The van der Waals surface area contributed by atoms with Crippen LogP contribution < -0.4 is 0 Å². The Morgan fingerprint density at radius 1 is 0.347 bits per heavy atom. The molecule has 613 valence electrons. The smallest absolute Gasteiger partial charge is 0.155 e. The first-order valence-electron chi connectivity index (χ1n) is 37.8. The Morgan fingerprint density at radius 3 is 1.29 bits per heavy atom. The SMILES string of the molecule is CC(=O)C=C(C)O.CC(=O)C=C(C)O.CCc1ccnc(-c2[c-]ccc(-c3ccccc3)c2)c1.Cc1[c-]c(-c2ccc3ccccc3n2)c(C)c(C)c1.Cc1[c-]c(-c2ccc3ccccc3n2)c(C)cc1.Cc1cc(C)cc(-c2cc[c-]c(-c3ccccn3)c2)c1.Cc1cc(C)cc(-c2cc[c-]c(-c3nccc(C)c3C)c2)c1.[Ir].[Ir].[Ir].[Ir].[Ir]. The number of nitrogens with zero attached hydrogens (tertiary/aromatic N) is 5. The molecule has 9 nitrogen and oxygen atoms in total. The third kappa shape index (κ3) is 30.8. The molecule has 0 saturated carbocycles. The first-order valence-corrected chi connectivity index (χ1v) is 37.8. The van der Waals surface area contributed by atoms with E-state index in [0.717, 1.165) is 84.9 Å². The van der Waals surface area contributed by atoms with Gasteiger partial charge < -0.3 is 25.2 Å². The number of aliphatic hydroxyl groups is 2. The molecule has 0 bridgehead atoms. The largest absolute Gasteiger partial charge is 0.512 e. The second-order valence-corrected chi connectivity index (χ2v) is 28.2. The summed E-state index contributed by atoms with van der Waals surface area (Å²) >= 11 is 0. The summed E-state index contributed by atoms with van der Waals surface area (Å²) in [6.07, 6.45) is 8.91. The van der Waals surface area contributed by atoms with Crippen LogP contribution in [0.2, 0.25) is 0 Å². The Morgan fingerprint density at radius 2 is 0.797 bits per heavy atom. The van der Waals surface area contributed by atoms with Crippen LogP contribution in [0.4, 0.5) is 0 Å². The maximum absolute atomic E-state index is 10.0. The quantitative estimate of drug-likeness (QED) is 0.0736. The van der Waals surface area contributed by atoms with E-state index in [4.69, 9.17) is 20.2 Å². The Labute approximate surface area is 766 Å². The third-order valence-electron chi connectivity index (χ3n) is 18.4. The zero-order valence-electron chi connectivity index (χ0n) is 69.4. The molecular weight excluding hydrogens is 2340 g/mol. The third-order valence-corrected chi connectivity index (χ3v) is 18.4. The molecule has 5 aromatic heterocycles. The summed E-state index contributed by atoms with van der Waals surface area (Å²) in [7, 11) is 0. The van der Waals surface area contributed by atoms with Gasteiger partial charge in [-0.25, -0.2) is 0 Å². The number of hydrogen-bond donors (Lipinski definition) is 2. The van der Waals surface area contributed by atoms with E-state index in [1.54, 1.807) is 0 Å². The zero-order valence-corrected chi connectivity index (χ0v) is 81.4. The van der Waals surface area contributed by atoms with Gasteiger partial charge in [-0.1, -0.05) is 226 Å². The van der Waals surface area contributed by atoms with E-state index in [0.29, 0.717) is 0 Å². The number of ketones is 2. The summed E-state index contributed by atoms with van der Waals surface area (Å²) in [6.45, 7) is 31.1. The van der Waals surface area contributed by atoms with Gasteiger partial charge in [-0.05, 0) is 162 Å². The van der Waals surface area contributed by atoms with Crippen molar-refractivity contribution in [3.63, 3.8) is 0 Å². The van der Waals surface area contributed by atoms with Gasteiger partial charge in [0.1, 0.15) is 0 Å². The number of fused-ring (bicyclic) bond motifs is 2. The van der Waals surface area contributed by atoms with Crippen molar-refractivity contribution in [3.8, 4) is 89.7 Å². The van der Waals surface area contributed by atoms with Crippen LogP contribution in [0.1, 0.15) is 101 Å². The van der Waals surface area contributed by atoms with E-state index in [1.807, 2.05) is 97.5 Å². The molecule has 10 aromatic carbocycles. The van der Waals surface area contributed by atoms with Crippen molar-refractivity contribution in [2.45, 2.75) is 117 Å². The predicted octanol–water partition coefficient (Wildman–Crippen LogP) is 26.1. The van der Waals surface area contributed by atoms with Gasteiger partial charge in [0.15, 0.2) is 11.6 Å². The molecule has 118 heavy (non-hydrogen) atoms. The minimum absolute atomic E-state index is 0. The van der Waals surface area contributed by atoms with Crippen LogP contribution in [0.15, 0.2) is 291 Å². The molecule has 0 aliphatic heterocycles. The topological polar surface area (TPSA) is 139 Å². The molecule has 0 fully saturated rings. The van der Waals surface area contributed by atoms with Gasteiger partial charge in [-0.3, -0.25) is 19.6 Å². The summed E-state index contributed by atoms with van der Waals surface area (Å²) in [4.78, 5) is 42.9.